The summed E-state index contributed by atoms with van der Waals surface area (Å²) in [7, 11) is 0.926. The van der Waals surface area contributed by atoms with Gasteiger partial charge in [0.05, 0.1) is 13.2 Å². The lowest BCUT2D eigenvalue weighted by Crippen LogP contribution is -2.52. The van der Waals surface area contributed by atoms with Crippen LogP contribution in [0.2, 0.25) is 0 Å². The van der Waals surface area contributed by atoms with Crippen LogP contribution in [0.25, 0.3) is 0 Å². The first-order chi connectivity index (χ1) is 11.3. The summed E-state index contributed by atoms with van der Waals surface area (Å²) >= 11 is 0. The molecule has 150 valence electrons. The third-order valence-electron chi connectivity index (χ3n) is 4.25. The number of ether oxygens (including phenoxy) is 1. The molecule has 1 rings (SSSR count). The smallest absolute Gasteiger partial charge is 0.191 e. The molecule has 1 heterocycles. The van der Waals surface area contributed by atoms with Crippen LogP contribution < -0.4 is 10.6 Å². The van der Waals surface area contributed by atoms with Crippen LogP contribution in [0.4, 0.5) is 0 Å². The lowest BCUT2D eigenvalue weighted by atomic mass is 10.0. The fraction of sp³-hybridized carbons (Fsp3) is 0.941. The number of hydrogen-bond donors (Lipinski definition) is 2. The number of morpholine rings is 1. The van der Waals surface area contributed by atoms with Gasteiger partial charge < -0.3 is 15.4 Å². The molecule has 0 amide bonds. The summed E-state index contributed by atoms with van der Waals surface area (Å²) in [5, 5.41) is 6.69. The molecular weight excluding hydrogens is 451 g/mol. The summed E-state index contributed by atoms with van der Waals surface area (Å²) in [5.74, 6) is 1.96. The minimum Gasteiger partial charge on any atom is -0.379 e. The lowest BCUT2D eigenvalue weighted by Gasteiger charge is -2.37. The van der Waals surface area contributed by atoms with Gasteiger partial charge in [-0.1, -0.05) is 13.8 Å². The van der Waals surface area contributed by atoms with E-state index < -0.39 is 10.8 Å². The molecule has 1 saturated heterocycles. The largest absolute Gasteiger partial charge is 0.379 e. The highest BCUT2D eigenvalue weighted by Gasteiger charge is 2.24. The highest BCUT2D eigenvalue weighted by molar-refractivity contribution is 14.0. The van der Waals surface area contributed by atoms with Gasteiger partial charge >= 0.3 is 0 Å². The minimum absolute atomic E-state index is 0. The van der Waals surface area contributed by atoms with Crippen molar-refractivity contribution < 1.29 is 8.95 Å². The van der Waals surface area contributed by atoms with Gasteiger partial charge in [0.15, 0.2) is 5.96 Å². The lowest BCUT2D eigenvalue weighted by molar-refractivity contribution is 0.00752. The van der Waals surface area contributed by atoms with Gasteiger partial charge in [0, 0.05) is 60.6 Å². The third-order valence-corrected chi connectivity index (χ3v) is 6.19. The quantitative estimate of drug-likeness (QED) is 0.324. The van der Waals surface area contributed by atoms with Crippen LogP contribution >= 0.6 is 24.0 Å². The fourth-order valence-corrected chi connectivity index (χ4v) is 3.59. The number of rotatable bonds is 7. The summed E-state index contributed by atoms with van der Waals surface area (Å²) in [6.45, 7) is 15.6. The molecule has 0 aromatic heterocycles. The van der Waals surface area contributed by atoms with Crippen molar-refractivity contribution in [3.63, 3.8) is 0 Å². The molecule has 0 aromatic carbocycles. The Hall–Kier alpha value is 0.0700. The molecule has 6 nitrogen and oxygen atoms in total. The van der Waals surface area contributed by atoms with Gasteiger partial charge in [0.2, 0.25) is 0 Å². The SMILES string of the molecule is CN=C(NCCS(=O)C(C)(C)C)NCC(C(C)C)N1CCOCC1.I. The van der Waals surface area contributed by atoms with E-state index in [0.29, 0.717) is 24.3 Å². The summed E-state index contributed by atoms with van der Waals surface area (Å²) < 4.78 is 17.4. The zero-order valence-corrected chi connectivity index (χ0v) is 19.8. The molecule has 0 saturated carbocycles. The van der Waals surface area contributed by atoms with E-state index in [2.05, 4.69) is 34.4 Å². The first-order valence-corrected chi connectivity index (χ1v) is 10.2. The minimum atomic E-state index is -0.847. The van der Waals surface area contributed by atoms with Crippen LogP contribution in [0.3, 0.4) is 0 Å². The molecule has 8 heteroatoms. The topological polar surface area (TPSA) is 66.0 Å². The van der Waals surface area contributed by atoms with Gasteiger partial charge in [-0.05, 0) is 26.7 Å². The second-order valence-electron chi connectivity index (χ2n) is 7.50. The van der Waals surface area contributed by atoms with E-state index in [1.54, 1.807) is 7.05 Å². The molecule has 0 spiro atoms. The maximum absolute atomic E-state index is 12.1. The third kappa shape index (κ3) is 9.53. The van der Waals surface area contributed by atoms with Crippen LogP contribution in [0.15, 0.2) is 4.99 Å². The number of hydrogen-bond acceptors (Lipinski definition) is 4. The Morgan fingerprint density at radius 2 is 1.84 bits per heavy atom. The second kappa shape index (κ2) is 12.5. The molecule has 0 aromatic rings. The molecule has 2 N–H and O–H groups in total. The zero-order chi connectivity index (χ0) is 18.2. The first-order valence-electron chi connectivity index (χ1n) is 8.90. The van der Waals surface area contributed by atoms with Crippen molar-refractivity contribution in [3.8, 4) is 0 Å². The molecule has 25 heavy (non-hydrogen) atoms. The molecule has 0 bridgehead atoms. The van der Waals surface area contributed by atoms with Gasteiger partial charge in [0.1, 0.15) is 0 Å². The van der Waals surface area contributed by atoms with Crippen LogP contribution in [0.1, 0.15) is 34.6 Å². The van der Waals surface area contributed by atoms with Gasteiger partial charge in [-0.3, -0.25) is 14.1 Å². The predicted molar refractivity (Wildman–Crippen MR) is 119 cm³/mol. The Kier molecular flexibility index (Phi) is 12.5. The van der Waals surface area contributed by atoms with Gasteiger partial charge in [-0.25, -0.2) is 0 Å². The van der Waals surface area contributed by atoms with Crippen molar-refractivity contribution in [3.05, 3.63) is 0 Å². The first kappa shape index (κ1) is 25.1. The molecule has 1 fully saturated rings. The van der Waals surface area contributed by atoms with Crippen molar-refractivity contribution in [1.82, 2.24) is 15.5 Å². The Bertz CT molecular complexity index is 421. The predicted octanol–water partition coefficient (Wildman–Crippen LogP) is 1.67. The van der Waals surface area contributed by atoms with Crippen LogP contribution in [-0.4, -0.2) is 78.1 Å². The van der Waals surface area contributed by atoms with Crippen molar-refractivity contribution >= 4 is 40.7 Å². The van der Waals surface area contributed by atoms with E-state index >= 15 is 0 Å². The number of halogens is 1. The molecular formula is C17H37IN4O2S. The van der Waals surface area contributed by atoms with Gasteiger partial charge in [0.25, 0.3) is 0 Å². The molecule has 0 aliphatic carbocycles. The average molecular weight is 488 g/mol. The number of nitrogens with zero attached hydrogens (tertiary/aromatic N) is 2. The van der Waals surface area contributed by atoms with Crippen molar-refractivity contribution in [2.45, 2.75) is 45.4 Å². The monoisotopic (exact) mass is 488 g/mol. The second-order valence-corrected chi connectivity index (χ2v) is 9.83. The molecule has 1 aliphatic heterocycles. The molecule has 0 radical (unpaired) electrons. The highest BCUT2D eigenvalue weighted by Crippen LogP contribution is 2.12. The number of nitrogens with one attached hydrogen (secondary N) is 2. The van der Waals surface area contributed by atoms with Crippen LogP contribution in [0, 0.1) is 5.92 Å². The molecule has 2 atom stereocenters. The van der Waals surface area contributed by atoms with Crippen molar-refractivity contribution in [2.75, 3.05) is 52.2 Å². The maximum atomic E-state index is 12.1. The van der Waals surface area contributed by atoms with Gasteiger partial charge in [-0.2, -0.15) is 0 Å². The van der Waals surface area contributed by atoms with Crippen LogP contribution in [0.5, 0.6) is 0 Å². The normalized spacial score (nSPS) is 19.2. The standard InChI is InChI=1S/C17H36N4O2S.HI/c1-14(2)15(21-8-10-23-11-9-21)13-20-16(18-6)19-7-12-24(22)17(3,4)5;/h14-15H,7-13H2,1-6H3,(H2,18,19,20);1H. The van der Waals surface area contributed by atoms with E-state index in [-0.39, 0.29) is 28.7 Å². The van der Waals surface area contributed by atoms with Crippen LogP contribution in [-0.2, 0) is 15.5 Å². The number of guanidine groups is 1. The Balaban J connectivity index is 0.00000576. The molecule has 1 aliphatic rings. The summed E-state index contributed by atoms with van der Waals surface area (Å²) in [6.07, 6.45) is 0. The fourth-order valence-electron chi connectivity index (χ4n) is 2.69. The van der Waals surface area contributed by atoms with E-state index in [4.69, 9.17) is 4.74 Å². The average Bonchev–Trinajstić information content (AvgIpc) is 2.53. The Labute approximate surface area is 173 Å². The zero-order valence-electron chi connectivity index (χ0n) is 16.6. The summed E-state index contributed by atoms with van der Waals surface area (Å²) in [5.41, 5.74) is 0. The summed E-state index contributed by atoms with van der Waals surface area (Å²) in [4.78, 5) is 6.76. The van der Waals surface area contributed by atoms with E-state index in [1.807, 2.05) is 20.8 Å². The highest BCUT2D eigenvalue weighted by atomic mass is 127. The van der Waals surface area contributed by atoms with E-state index in [0.717, 1.165) is 38.8 Å². The Morgan fingerprint density at radius 1 is 1.24 bits per heavy atom. The van der Waals surface area contributed by atoms with E-state index in [1.165, 1.54) is 0 Å². The Morgan fingerprint density at radius 3 is 2.32 bits per heavy atom. The van der Waals surface area contributed by atoms with E-state index in [9.17, 15) is 4.21 Å². The van der Waals surface area contributed by atoms with Crippen molar-refractivity contribution in [1.29, 1.82) is 0 Å². The number of aliphatic imine (C=N–C) groups is 1. The van der Waals surface area contributed by atoms with Crippen molar-refractivity contribution in [2.24, 2.45) is 10.9 Å². The maximum Gasteiger partial charge on any atom is 0.191 e. The summed E-state index contributed by atoms with van der Waals surface area (Å²) in [6, 6.07) is 0.455. The van der Waals surface area contributed by atoms with Gasteiger partial charge in [-0.15, -0.1) is 24.0 Å². The molecule has 2 unspecified atom stereocenters.